The fourth-order valence-electron chi connectivity index (χ4n) is 6.10. The molecule has 0 atom stereocenters. The van der Waals surface area contributed by atoms with Gasteiger partial charge in [0.05, 0.1) is 58.2 Å². The van der Waals surface area contributed by atoms with Crippen LogP contribution in [0.25, 0.3) is 58.2 Å². The van der Waals surface area contributed by atoms with Crippen LogP contribution in [0, 0.1) is 56.7 Å². The lowest BCUT2D eigenvalue weighted by Gasteiger charge is -2.08. The molecule has 1 aliphatic rings. The van der Waals surface area contributed by atoms with Gasteiger partial charge in [-0.25, -0.2) is 0 Å². The SMILES string of the molecule is N#C/C1=C\c2cc(O)cc(c2)/C(C#N)=C/c2cc(O)cc(c2)/C(C#N)=C/c2cc(O)cc(c2)/C(C#N)=C/c2cc(O)cc(c2)/C(C#N)=C/c2cc(O)cc1c2. The van der Waals surface area contributed by atoms with Crippen LogP contribution >= 0.6 is 0 Å². The van der Waals surface area contributed by atoms with E-state index in [4.69, 9.17) is 0 Å². The Morgan fingerprint density at radius 3 is 0.564 bits per heavy atom. The van der Waals surface area contributed by atoms with E-state index in [0.29, 0.717) is 27.8 Å². The van der Waals surface area contributed by atoms with Gasteiger partial charge < -0.3 is 25.5 Å². The molecule has 260 valence electrons. The van der Waals surface area contributed by atoms with E-state index < -0.39 is 0 Å². The number of fused-ring (bicyclic) bond motifs is 10. The third-order valence-electron chi connectivity index (χ3n) is 8.41. The highest BCUT2D eigenvalue weighted by Gasteiger charge is 2.14. The molecule has 10 heteroatoms. The standard InChI is InChI=1S/C45H25N5O5/c46-21-36-7-27-2-33(18-42(52)12-27)38(23-48)9-29-4-35(20-44(54)14-29)40(25-50)10-30-5-34(19-45(55)15-30)39(24-49)8-28-3-32(17-43(53)13-28)37(22-47)6-26-1-31(36)16-41(51)11-26/h1-20,51-55H/b36-7+,37-6+,38-9+,39-8+,40-10+. The molecule has 0 heterocycles. The van der Waals surface area contributed by atoms with Gasteiger partial charge in [0.1, 0.15) is 28.7 Å². The number of aromatic hydroxyl groups is 5. The van der Waals surface area contributed by atoms with E-state index in [1.165, 1.54) is 91.0 Å². The van der Waals surface area contributed by atoms with Crippen molar-refractivity contribution in [3.8, 4) is 59.1 Å². The average Bonchev–Trinajstić information content (AvgIpc) is 3.14. The molecule has 0 aromatic heterocycles. The summed E-state index contributed by atoms with van der Waals surface area (Å²) in [6, 6.07) is 32.0. The highest BCUT2D eigenvalue weighted by Crippen LogP contribution is 2.33. The first-order valence-corrected chi connectivity index (χ1v) is 16.3. The molecule has 6 rings (SSSR count). The van der Waals surface area contributed by atoms with Crippen molar-refractivity contribution >= 4 is 58.2 Å². The van der Waals surface area contributed by atoms with E-state index in [1.807, 2.05) is 0 Å². The Morgan fingerprint density at radius 1 is 0.255 bits per heavy atom. The molecule has 0 unspecified atom stereocenters. The van der Waals surface area contributed by atoms with Crippen LogP contribution in [0.3, 0.4) is 0 Å². The quantitative estimate of drug-likeness (QED) is 0.102. The molecule has 5 aromatic rings. The number of nitrogens with zero attached hydrogens (tertiary/aromatic N) is 5. The molecule has 0 fully saturated rings. The van der Waals surface area contributed by atoms with Crippen LogP contribution in [-0.2, 0) is 0 Å². The predicted molar refractivity (Wildman–Crippen MR) is 208 cm³/mol. The Balaban J connectivity index is 1.65. The summed E-state index contributed by atoms with van der Waals surface area (Å²) in [5.41, 5.74) is 3.43. The number of rotatable bonds is 0. The van der Waals surface area contributed by atoms with Gasteiger partial charge in [0.25, 0.3) is 0 Å². The second-order valence-corrected chi connectivity index (χ2v) is 12.4. The molecule has 0 spiro atoms. The van der Waals surface area contributed by atoms with E-state index in [0.717, 1.165) is 0 Å². The Kier molecular flexibility index (Phi) is 9.99. The zero-order chi connectivity index (χ0) is 39.2. The maximum Gasteiger partial charge on any atom is 0.116 e. The number of benzene rings is 5. The lowest BCUT2D eigenvalue weighted by Crippen LogP contribution is -1.89. The van der Waals surface area contributed by atoms with Gasteiger partial charge in [-0.3, -0.25) is 0 Å². The van der Waals surface area contributed by atoms with Crippen molar-refractivity contribution in [2.24, 2.45) is 0 Å². The monoisotopic (exact) mass is 715 g/mol. The second kappa shape index (κ2) is 15.2. The second-order valence-electron chi connectivity index (χ2n) is 12.4. The molecule has 1 aliphatic carbocycles. The Bertz CT molecular complexity index is 2380. The predicted octanol–water partition coefficient (Wildman–Crippen LogP) is 8.85. The van der Waals surface area contributed by atoms with Crippen LogP contribution in [0.1, 0.15) is 55.6 Å². The molecule has 0 amide bonds. The summed E-state index contributed by atoms with van der Waals surface area (Å²) in [5, 5.41) is 104. The summed E-state index contributed by atoms with van der Waals surface area (Å²) < 4.78 is 0. The topological polar surface area (TPSA) is 220 Å². The highest BCUT2D eigenvalue weighted by molar-refractivity contribution is 5.98. The molecule has 5 aromatic carbocycles. The van der Waals surface area contributed by atoms with Gasteiger partial charge in [0, 0.05) is 0 Å². The van der Waals surface area contributed by atoms with Gasteiger partial charge in [-0.15, -0.1) is 0 Å². The molecular weight excluding hydrogens is 691 g/mol. The van der Waals surface area contributed by atoms with Crippen LogP contribution in [0.5, 0.6) is 28.7 Å². The van der Waals surface area contributed by atoms with Crippen LogP contribution < -0.4 is 0 Å². The maximum atomic E-state index is 10.7. The number of allylic oxidation sites excluding steroid dienone is 5. The Hall–Kier alpha value is -8.75. The fourth-order valence-corrected chi connectivity index (χ4v) is 6.10. The number of phenolic OH excluding ortho intramolecular Hbond substituents is 5. The third-order valence-corrected chi connectivity index (χ3v) is 8.41. The van der Waals surface area contributed by atoms with Crippen LogP contribution in [0.15, 0.2) is 91.0 Å². The molecule has 0 saturated carbocycles. The highest BCUT2D eigenvalue weighted by atomic mass is 16.3. The van der Waals surface area contributed by atoms with Crippen LogP contribution in [-0.4, -0.2) is 25.5 Å². The molecule has 10 nitrogen and oxygen atoms in total. The van der Waals surface area contributed by atoms with Gasteiger partial charge in [0.15, 0.2) is 0 Å². The Labute approximate surface area is 315 Å². The van der Waals surface area contributed by atoms with Gasteiger partial charge in [0.2, 0.25) is 0 Å². The minimum absolute atomic E-state index is 0.0746. The number of phenols is 5. The first-order valence-electron chi connectivity index (χ1n) is 16.3. The Morgan fingerprint density at radius 2 is 0.418 bits per heavy atom. The van der Waals surface area contributed by atoms with Gasteiger partial charge in [-0.1, -0.05) is 0 Å². The first kappa shape index (κ1) is 36.1. The van der Waals surface area contributed by atoms with E-state index in [2.05, 4.69) is 30.3 Å². The van der Waals surface area contributed by atoms with Gasteiger partial charge in [-0.05, 0) is 177 Å². The largest absolute Gasteiger partial charge is 0.508 e. The molecular formula is C45H25N5O5. The first-order chi connectivity index (χ1) is 26.5. The summed E-state index contributed by atoms with van der Waals surface area (Å²) in [7, 11) is 0. The number of nitriles is 5. The third kappa shape index (κ3) is 8.26. The number of hydrogen-bond donors (Lipinski definition) is 5. The van der Waals surface area contributed by atoms with E-state index in [9.17, 15) is 51.8 Å². The van der Waals surface area contributed by atoms with Gasteiger partial charge in [-0.2, -0.15) is 26.3 Å². The fraction of sp³-hybridized carbons (Fsp3) is 0. The summed E-state index contributed by atoms with van der Waals surface area (Å²) >= 11 is 0. The zero-order valence-electron chi connectivity index (χ0n) is 28.5. The minimum atomic E-state index is -0.214. The van der Waals surface area contributed by atoms with Gasteiger partial charge >= 0.3 is 0 Å². The summed E-state index contributed by atoms with van der Waals surface area (Å²) in [6.45, 7) is 0. The van der Waals surface area contributed by atoms with E-state index in [1.54, 1.807) is 30.3 Å². The summed E-state index contributed by atoms with van der Waals surface area (Å²) in [4.78, 5) is 0. The van der Waals surface area contributed by atoms with Crippen molar-refractivity contribution in [2.75, 3.05) is 0 Å². The minimum Gasteiger partial charge on any atom is -0.508 e. The van der Waals surface area contributed by atoms with Crippen LogP contribution in [0.4, 0.5) is 0 Å². The van der Waals surface area contributed by atoms with Crippen molar-refractivity contribution < 1.29 is 25.5 Å². The van der Waals surface area contributed by atoms with Crippen molar-refractivity contribution in [3.63, 3.8) is 0 Å². The molecule has 5 N–H and O–H groups in total. The molecule has 0 aliphatic heterocycles. The number of hydrogen-bond acceptors (Lipinski definition) is 10. The maximum absolute atomic E-state index is 10.7. The van der Waals surface area contributed by atoms with Crippen molar-refractivity contribution in [1.82, 2.24) is 0 Å². The molecule has 55 heavy (non-hydrogen) atoms. The normalized spacial score (nSPS) is 17.2. The molecule has 10 bridgehead atoms. The summed E-state index contributed by atoms with van der Waals surface area (Å²) in [6.07, 6.45) is 7.28. The van der Waals surface area contributed by atoms with Crippen molar-refractivity contribution in [3.05, 3.63) is 147 Å². The van der Waals surface area contributed by atoms with E-state index in [-0.39, 0.29) is 84.4 Å². The van der Waals surface area contributed by atoms with Crippen LogP contribution in [0.2, 0.25) is 0 Å². The molecule has 0 radical (unpaired) electrons. The lowest BCUT2D eigenvalue weighted by molar-refractivity contribution is 0.474. The zero-order valence-corrected chi connectivity index (χ0v) is 28.5. The van der Waals surface area contributed by atoms with Crippen molar-refractivity contribution in [2.45, 2.75) is 0 Å². The average molecular weight is 716 g/mol. The van der Waals surface area contributed by atoms with Crippen molar-refractivity contribution in [1.29, 1.82) is 26.3 Å². The smallest absolute Gasteiger partial charge is 0.116 e. The lowest BCUT2D eigenvalue weighted by atomic mass is 9.96. The van der Waals surface area contributed by atoms with E-state index >= 15 is 0 Å². The molecule has 0 saturated heterocycles. The summed E-state index contributed by atoms with van der Waals surface area (Å²) in [5.74, 6) is -1.07.